The highest BCUT2D eigenvalue weighted by Crippen LogP contribution is 2.19. The number of rotatable bonds is 3. The van der Waals surface area contributed by atoms with Crippen LogP contribution in [0, 0.1) is 0 Å². The van der Waals surface area contributed by atoms with E-state index in [4.69, 9.17) is 0 Å². The molecule has 0 unspecified atom stereocenters. The molecule has 1 amide bonds. The van der Waals surface area contributed by atoms with E-state index in [0.29, 0.717) is 17.0 Å². The number of carbonyl (C=O) groups excluding carboxylic acids is 1. The van der Waals surface area contributed by atoms with Gasteiger partial charge in [0.1, 0.15) is 5.69 Å². The molecule has 0 saturated carbocycles. The lowest BCUT2D eigenvalue weighted by molar-refractivity contribution is 0.102. The minimum atomic E-state index is -0.199. The molecule has 102 valence electrons. The molecule has 3 aromatic rings. The van der Waals surface area contributed by atoms with Crippen LogP contribution in [0.4, 0.5) is 5.69 Å². The van der Waals surface area contributed by atoms with E-state index in [1.165, 1.54) is 0 Å². The lowest BCUT2D eigenvalue weighted by atomic mass is 10.1. The molecule has 3 rings (SSSR count). The molecule has 0 aliphatic heterocycles. The predicted octanol–water partition coefficient (Wildman–Crippen LogP) is 3.40. The lowest BCUT2D eigenvalue weighted by Gasteiger charge is -2.08. The zero-order chi connectivity index (χ0) is 14.5. The third-order valence-electron chi connectivity index (χ3n) is 2.99. The average Bonchev–Trinajstić information content (AvgIpc) is 2.56. The van der Waals surface area contributed by atoms with Gasteiger partial charge < -0.3 is 5.32 Å². The summed E-state index contributed by atoms with van der Waals surface area (Å²) < 4.78 is 0. The van der Waals surface area contributed by atoms with E-state index in [0.717, 1.165) is 5.69 Å². The van der Waals surface area contributed by atoms with Crippen LogP contribution < -0.4 is 5.32 Å². The second-order valence-corrected chi connectivity index (χ2v) is 4.43. The maximum Gasteiger partial charge on any atom is 0.257 e. The molecule has 2 aromatic heterocycles. The van der Waals surface area contributed by atoms with E-state index in [1.54, 1.807) is 24.5 Å². The SMILES string of the molecule is O=C(Nc1ccccc1)c1cccnc1-c1ccccn1. The van der Waals surface area contributed by atoms with Crippen LogP contribution in [-0.4, -0.2) is 15.9 Å². The summed E-state index contributed by atoms with van der Waals surface area (Å²) in [5.41, 5.74) is 2.50. The van der Waals surface area contributed by atoms with Gasteiger partial charge >= 0.3 is 0 Å². The van der Waals surface area contributed by atoms with Gasteiger partial charge in [-0.2, -0.15) is 0 Å². The molecule has 0 saturated heterocycles. The third-order valence-corrected chi connectivity index (χ3v) is 2.99. The van der Waals surface area contributed by atoms with Crippen molar-refractivity contribution in [1.29, 1.82) is 0 Å². The monoisotopic (exact) mass is 275 g/mol. The smallest absolute Gasteiger partial charge is 0.257 e. The summed E-state index contributed by atoms with van der Waals surface area (Å²) in [5.74, 6) is -0.199. The normalized spacial score (nSPS) is 10.1. The highest BCUT2D eigenvalue weighted by molar-refractivity contribution is 6.07. The molecule has 0 atom stereocenters. The van der Waals surface area contributed by atoms with Crippen molar-refractivity contribution < 1.29 is 4.79 Å². The van der Waals surface area contributed by atoms with Gasteiger partial charge in [0.15, 0.2) is 0 Å². The van der Waals surface area contributed by atoms with Gasteiger partial charge in [0.2, 0.25) is 0 Å². The summed E-state index contributed by atoms with van der Waals surface area (Å²) in [4.78, 5) is 21.0. The zero-order valence-corrected chi connectivity index (χ0v) is 11.2. The number of pyridine rings is 2. The second kappa shape index (κ2) is 5.96. The number of benzene rings is 1. The maximum atomic E-state index is 12.4. The first-order valence-electron chi connectivity index (χ1n) is 6.57. The minimum Gasteiger partial charge on any atom is -0.322 e. The minimum absolute atomic E-state index is 0.199. The van der Waals surface area contributed by atoms with Crippen LogP contribution in [0.25, 0.3) is 11.4 Å². The maximum absolute atomic E-state index is 12.4. The highest BCUT2D eigenvalue weighted by atomic mass is 16.1. The first-order chi connectivity index (χ1) is 10.3. The van der Waals surface area contributed by atoms with E-state index < -0.39 is 0 Å². The molecule has 4 heteroatoms. The third kappa shape index (κ3) is 2.95. The van der Waals surface area contributed by atoms with Gasteiger partial charge in [-0.1, -0.05) is 24.3 Å². The standard InChI is InChI=1S/C17H13N3O/c21-17(20-13-7-2-1-3-8-13)14-9-6-12-19-16(14)15-10-4-5-11-18-15/h1-12H,(H,20,21). The quantitative estimate of drug-likeness (QED) is 0.797. The molecule has 1 aromatic carbocycles. The number of nitrogens with one attached hydrogen (secondary N) is 1. The van der Waals surface area contributed by atoms with Crippen LogP contribution in [0.1, 0.15) is 10.4 Å². The number of anilines is 1. The molecule has 0 bridgehead atoms. The van der Waals surface area contributed by atoms with Crippen LogP contribution in [-0.2, 0) is 0 Å². The first-order valence-corrected chi connectivity index (χ1v) is 6.57. The molecular weight excluding hydrogens is 262 g/mol. The van der Waals surface area contributed by atoms with E-state index in [2.05, 4.69) is 15.3 Å². The number of para-hydroxylation sites is 1. The van der Waals surface area contributed by atoms with Gasteiger partial charge in [-0.05, 0) is 36.4 Å². The van der Waals surface area contributed by atoms with Crippen molar-refractivity contribution in [3.8, 4) is 11.4 Å². The molecule has 21 heavy (non-hydrogen) atoms. The molecule has 1 N–H and O–H groups in total. The van der Waals surface area contributed by atoms with Crippen molar-refractivity contribution >= 4 is 11.6 Å². The molecule has 0 fully saturated rings. The summed E-state index contributed by atoms with van der Waals surface area (Å²) >= 11 is 0. The van der Waals surface area contributed by atoms with Crippen LogP contribution in [0.15, 0.2) is 73.1 Å². The molecule has 0 spiro atoms. The molecule has 0 aliphatic carbocycles. The van der Waals surface area contributed by atoms with Crippen molar-refractivity contribution in [3.63, 3.8) is 0 Å². The van der Waals surface area contributed by atoms with Gasteiger partial charge in [0.05, 0.1) is 11.3 Å². The Hall–Kier alpha value is -3.01. The number of hydrogen-bond acceptors (Lipinski definition) is 3. The molecule has 2 heterocycles. The summed E-state index contributed by atoms with van der Waals surface area (Å²) in [6, 6.07) is 18.4. The number of amides is 1. The van der Waals surface area contributed by atoms with Crippen LogP contribution in [0.2, 0.25) is 0 Å². The van der Waals surface area contributed by atoms with Gasteiger partial charge in [0.25, 0.3) is 5.91 Å². The fourth-order valence-electron chi connectivity index (χ4n) is 2.02. The Bertz CT molecular complexity index is 742. The molecule has 0 radical (unpaired) electrons. The summed E-state index contributed by atoms with van der Waals surface area (Å²) in [7, 11) is 0. The average molecular weight is 275 g/mol. The van der Waals surface area contributed by atoms with Gasteiger partial charge in [-0.15, -0.1) is 0 Å². The number of nitrogens with zero attached hydrogens (tertiary/aromatic N) is 2. The Morgan fingerprint density at radius 3 is 2.33 bits per heavy atom. The number of hydrogen-bond donors (Lipinski definition) is 1. The molecule has 0 aliphatic rings. The lowest BCUT2D eigenvalue weighted by Crippen LogP contribution is -2.13. The summed E-state index contributed by atoms with van der Waals surface area (Å²) in [6.45, 7) is 0. The molecular formula is C17H13N3O. The van der Waals surface area contributed by atoms with Crippen LogP contribution in [0.5, 0.6) is 0 Å². The van der Waals surface area contributed by atoms with E-state index in [1.807, 2.05) is 48.5 Å². The predicted molar refractivity (Wildman–Crippen MR) is 81.9 cm³/mol. The van der Waals surface area contributed by atoms with Crippen LogP contribution in [0.3, 0.4) is 0 Å². The van der Waals surface area contributed by atoms with Crippen molar-refractivity contribution in [2.45, 2.75) is 0 Å². The first kappa shape index (κ1) is 13.0. The Morgan fingerprint density at radius 1 is 0.810 bits per heavy atom. The van der Waals surface area contributed by atoms with Crippen molar-refractivity contribution in [2.24, 2.45) is 0 Å². The van der Waals surface area contributed by atoms with Gasteiger partial charge in [-0.25, -0.2) is 0 Å². The largest absolute Gasteiger partial charge is 0.322 e. The van der Waals surface area contributed by atoms with E-state index >= 15 is 0 Å². The van der Waals surface area contributed by atoms with Gasteiger partial charge in [0, 0.05) is 18.1 Å². The summed E-state index contributed by atoms with van der Waals surface area (Å²) in [6.07, 6.45) is 3.34. The Kier molecular flexibility index (Phi) is 3.69. The second-order valence-electron chi connectivity index (χ2n) is 4.43. The Labute approximate surface area is 122 Å². The fourth-order valence-corrected chi connectivity index (χ4v) is 2.02. The number of carbonyl (C=O) groups is 1. The molecule has 4 nitrogen and oxygen atoms in total. The van der Waals surface area contributed by atoms with Crippen LogP contribution >= 0.6 is 0 Å². The van der Waals surface area contributed by atoms with Crippen molar-refractivity contribution in [1.82, 2.24) is 9.97 Å². The van der Waals surface area contributed by atoms with Crippen molar-refractivity contribution in [2.75, 3.05) is 5.32 Å². The van der Waals surface area contributed by atoms with E-state index in [9.17, 15) is 4.79 Å². The fraction of sp³-hybridized carbons (Fsp3) is 0. The van der Waals surface area contributed by atoms with Gasteiger partial charge in [-0.3, -0.25) is 14.8 Å². The Morgan fingerprint density at radius 2 is 1.57 bits per heavy atom. The topological polar surface area (TPSA) is 54.9 Å². The zero-order valence-electron chi connectivity index (χ0n) is 11.2. The Balaban J connectivity index is 1.94. The highest BCUT2D eigenvalue weighted by Gasteiger charge is 2.14. The van der Waals surface area contributed by atoms with E-state index in [-0.39, 0.29) is 5.91 Å². The van der Waals surface area contributed by atoms with Crippen molar-refractivity contribution in [3.05, 3.63) is 78.6 Å². The number of aromatic nitrogens is 2. The summed E-state index contributed by atoms with van der Waals surface area (Å²) in [5, 5.41) is 2.86.